The van der Waals surface area contributed by atoms with Crippen LogP contribution in [0.1, 0.15) is 27.9 Å². The summed E-state index contributed by atoms with van der Waals surface area (Å²) in [4.78, 5) is 4.08. The summed E-state index contributed by atoms with van der Waals surface area (Å²) in [6.45, 7) is -0.238. The molecule has 0 saturated carbocycles. The van der Waals surface area contributed by atoms with Gasteiger partial charge < -0.3 is 0 Å². The van der Waals surface area contributed by atoms with E-state index in [0.717, 1.165) is 30.5 Å². The Morgan fingerprint density at radius 3 is 2.18 bits per heavy atom. The Morgan fingerprint density at radius 2 is 1.56 bits per heavy atom. The van der Waals surface area contributed by atoms with E-state index in [9.17, 15) is 30.4 Å². The van der Waals surface area contributed by atoms with Crippen LogP contribution in [0, 0.1) is 11.6 Å². The van der Waals surface area contributed by atoms with Crippen LogP contribution in [-0.2, 0) is 34.5 Å². The summed E-state index contributed by atoms with van der Waals surface area (Å²) in [5.41, 5.74) is -1.87. The summed E-state index contributed by atoms with van der Waals surface area (Å²) in [7, 11) is -3.87. The van der Waals surface area contributed by atoms with Crippen LogP contribution < -0.4 is 5.32 Å². The lowest BCUT2D eigenvalue weighted by molar-refractivity contribution is -0.137. The molecule has 4 aromatic rings. The highest BCUT2D eigenvalue weighted by Crippen LogP contribution is 2.38. The van der Waals surface area contributed by atoms with Gasteiger partial charge in [0.1, 0.15) is 11.6 Å². The van der Waals surface area contributed by atoms with Gasteiger partial charge >= 0.3 is 6.18 Å². The van der Waals surface area contributed by atoms with Crippen molar-refractivity contribution in [3.05, 3.63) is 130 Å². The summed E-state index contributed by atoms with van der Waals surface area (Å²) in [6.07, 6.45) is -2.62. The van der Waals surface area contributed by atoms with E-state index in [1.165, 1.54) is 24.4 Å². The number of halogens is 6. The van der Waals surface area contributed by atoms with Gasteiger partial charge in [-0.05, 0) is 59.2 Å². The van der Waals surface area contributed by atoms with Gasteiger partial charge in [-0.15, -0.1) is 0 Å². The van der Waals surface area contributed by atoms with Crippen LogP contribution in [0.25, 0.3) is 0 Å². The third-order valence-electron chi connectivity index (χ3n) is 6.20. The molecule has 0 amide bonds. The van der Waals surface area contributed by atoms with E-state index in [2.05, 4.69) is 10.3 Å². The number of aromatic nitrogens is 1. The smallest absolute Gasteiger partial charge is 0.298 e. The van der Waals surface area contributed by atoms with Crippen LogP contribution in [0.4, 0.5) is 22.0 Å². The number of sulfone groups is 1. The number of nitrogens with zero attached hydrogens (tertiary/aromatic N) is 1. The maximum Gasteiger partial charge on any atom is 0.416 e. The van der Waals surface area contributed by atoms with Crippen molar-refractivity contribution in [3.63, 3.8) is 0 Å². The average molecular weight is 581 g/mol. The first-order valence-electron chi connectivity index (χ1n) is 11.6. The molecule has 1 atom stereocenters. The van der Waals surface area contributed by atoms with Crippen LogP contribution in [0.2, 0.25) is 5.02 Å². The van der Waals surface area contributed by atoms with E-state index in [4.69, 9.17) is 11.6 Å². The minimum Gasteiger partial charge on any atom is -0.298 e. The Morgan fingerprint density at radius 1 is 0.872 bits per heavy atom. The molecule has 204 valence electrons. The van der Waals surface area contributed by atoms with Crippen LogP contribution in [0.3, 0.4) is 0 Å². The Kier molecular flexibility index (Phi) is 8.11. The number of hydrogen-bond donors (Lipinski definition) is 1. The number of nitrogens with one attached hydrogen (secondary N) is 1. The van der Waals surface area contributed by atoms with Crippen molar-refractivity contribution in [3.8, 4) is 0 Å². The van der Waals surface area contributed by atoms with E-state index in [0.29, 0.717) is 11.6 Å². The van der Waals surface area contributed by atoms with Crippen molar-refractivity contribution in [2.45, 2.75) is 29.6 Å². The fraction of sp³-hybridized carbons (Fsp3) is 0.179. The zero-order valence-electron chi connectivity index (χ0n) is 20.4. The maximum atomic E-state index is 14.7. The molecule has 4 nitrogen and oxygen atoms in total. The number of benzene rings is 3. The minimum absolute atomic E-state index is 0.00136. The van der Waals surface area contributed by atoms with E-state index in [-0.39, 0.29) is 39.7 Å². The molecule has 0 fully saturated rings. The predicted octanol–water partition coefficient (Wildman–Crippen LogP) is 6.71. The molecular formula is C28H22ClF5N2O2S. The number of rotatable bonds is 8. The summed E-state index contributed by atoms with van der Waals surface area (Å²) in [5.74, 6) is -1.89. The van der Waals surface area contributed by atoms with Crippen molar-refractivity contribution in [1.29, 1.82) is 0 Å². The lowest BCUT2D eigenvalue weighted by Crippen LogP contribution is -2.46. The highest BCUT2D eigenvalue weighted by Gasteiger charge is 2.39. The molecule has 0 spiro atoms. The van der Waals surface area contributed by atoms with Gasteiger partial charge in [0.05, 0.1) is 26.7 Å². The fourth-order valence-electron chi connectivity index (χ4n) is 4.39. The third kappa shape index (κ3) is 6.63. The molecule has 3 aromatic carbocycles. The Balaban J connectivity index is 1.97. The molecule has 0 aliphatic heterocycles. The third-order valence-corrected chi connectivity index (χ3v) is 7.61. The fourth-order valence-corrected chi connectivity index (χ4v) is 5.45. The first kappa shape index (κ1) is 28.7. The monoisotopic (exact) mass is 580 g/mol. The molecule has 1 aromatic heterocycles. The molecule has 0 aliphatic rings. The van der Waals surface area contributed by atoms with Crippen molar-refractivity contribution < 1.29 is 30.4 Å². The van der Waals surface area contributed by atoms with Gasteiger partial charge in [0.15, 0.2) is 9.84 Å². The second-order valence-electron chi connectivity index (χ2n) is 9.03. The molecule has 0 aliphatic carbocycles. The van der Waals surface area contributed by atoms with E-state index in [1.54, 1.807) is 30.3 Å². The molecule has 4 rings (SSSR count). The van der Waals surface area contributed by atoms with Crippen LogP contribution in [-0.4, -0.2) is 19.7 Å². The topological polar surface area (TPSA) is 59.1 Å². The summed E-state index contributed by atoms with van der Waals surface area (Å²) in [6, 6.07) is 17.2. The zero-order chi connectivity index (χ0) is 28.4. The zero-order valence-corrected chi connectivity index (χ0v) is 22.0. The number of alkyl halides is 3. The van der Waals surface area contributed by atoms with Gasteiger partial charge in [-0.3, -0.25) is 10.3 Å². The van der Waals surface area contributed by atoms with Crippen molar-refractivity contribution in [2.24, 2.45) is 0 Å². The minimum atomic E-state index is -4.84. The predicted molar refractivity (Wildman–Crippen MR) is 138 cm³/mol. The Bertz CT molecular complexity index is 1580. The Hall–Kier alpha value is -3.34. The SMILES string of the molecule is CS(=O)(=O)c1cc(F)ccc1CNC(Cc1ccccc1)(c1cc(F)cc(C(F)(F)F)c1)c1ccc(Cl)cn1. The van der Waals surface area contributed by atoms with Crippen LogP contribution >= 0.6 is 11.6 Å². The molecule has 0 bridgehead atoms. The lowest BCUT2D eigenvalue weighted by atomic mass is 9.79. The molecule has 1 heterocycles. The summed E-state index contributed by atoms with van der Waals surface area (Å²) in [5, 5.41) is 3.43. The van der Waals surface area contributed by atoms with Gasteiger partial charge in [0, 0.05) is 25.4 Å². The molecule has 11 heteroatoms. The average Bonchev–Trinajstić information content (AvgIpc) is 2.87. The summed E-state index contributed by atoms with van der Waals surface area (Å²) < 4.78 is 94.8. The largest absolute Gasteiger partial charge is 0.416 e. The van der Waals surface area contributed by atoms with Crippen molar-refractivity contribution in [1.82, 2.24) is 10.3 Å². The van der Waals surface area contributed by atoms with Crippen LogP contribution in [0.5, 0.6) is 0 Å². The molecule has 0 radical (unpaired) electrons. The normalized spacial score (nSPS) is 13.7. The van der Waals surface area contributed by atoms with E-state index in [1.807, 2.05) is 0 Å². The summed E-state index contributed by atoms with van der Waals surface area (Å²) >= 11 is 6.04. The van der Waals surface area contributed by atoms with Crippen LogP contribution in [0.15, 0.2) is 90.0 Å². The molecule has 0 saturated heterocycles. The lowest BCUT2D eigenvalue weighted by Gasteiger charge is -2.36. The highest BCUT2D eigenvalue weighted by atomic mass is 35.5. The first-order chi connectivity index (χ1) is 18.3. The van der Waals surface area contributed by atoms with Gasteiger partial charge in [-0.2, -0.15) is 13.2 Å². The van der Waals surface area contributed by atoms with Crippen molar-refractivity contribution in [2.75, 3.05) is 6.26 Å². The van der Waals surface area contributed by atoms with Gasteiger partial charge in [0.25, 0.3) is 0 Å². The second-order valence-corrected chi connectivity index (χ2v) is 11.5. The molecule has 1 unspecified atom stereocenters. The number of pyridine rings is 1. The second kappa shape index (κ2) is 11.0. The molecule has 39 heavy (non-hydrogen) atoms. The van der Waals surface area contributed by atoms with E-state index >= 15 is 0 Å². The van der Waals surface area contributed by atoms with E-state index < -0.39 is 38.8 Å². The quantitative estimate of drug-likeness (QED) is 0.235. The van der Waals surface area contributed by atoms with Gasteiger partial charge in [0.2, 0.25) is 0 Å². The molecular weight excluding hydrogens is 559 g/mol. The standard InChI is InChI=1S/C28H22ClF5N2O2S/c1-39(37,38)25-14-23(30)9-7-19(25)16-36-27(15-18-5-3-2-4-6-18,26-10-8-22(29)17-35-26)20-11-21(28(32,33)34)13-24(31)12-20/h2-14,17,36H,15-16H2,1H3. The molecule has 1 N–H and O–H groups in total. The van der Waals surface area contributed by atoms with Gasteiger partial charge in [-0.25, -0.2) is 17.2 Å². The first-order valence-corrected chi connectivity index (χ1v) is 13.8. The number of hydrogen-bond acceptors (Lipinski definition) is 4. The Labute approximate surface area is 227 Å². The van der Waals surface area contributed by atoms with Gasteiger partial charge in [-0.1, -0.05) is 48.0 Å². The van der Waals surface area contributed by atoms with Crippen molar-refractivity contribution >= 4 is 21.4 Å². The highest BCUT2D eigenvalue weighted by molar-refractivity contribution is 7.90. The maximum absolute atomic E-state index is 14.7.